The zero-order valence-electron chi connectivity index (χ0n) is 15.6. The van der Waals surface area contributed by atoms with E-state index in [1.165, 1.54) is 0 Å². The number of hydrogen-bond donors (Lipinski definition) is 1. The number of rotatable bonds is 2. The van der Waals surface area contributed by atoms with E-state index in [0.717, 1.165) is 48.7 Å². The van der Waals surface area contributed by atoms with Gasteiger partial charge < -0.3 is 14.4 Å². The third kappa shape index (κ3) is 3.17. The molecule has 1 fully saturated rings. The standard InChI is InChI=1S/C18H22N4O5/c1-18(2,3)27-17(25)22-9-10-13(15(22)24)14(23)20-16(19-10)26-12-6-8-21-7-4-5-11(12)21/h4-9H2,1-3H3,(H,19,20,23). The molecule has 1 N–H and O–H groups in total. The first kappa shape index (κ1) is 17.6. The molecular formula is C18H22N4O5. The fraction of sp³-hybridized carbons (Fsp3) is 0.556. The summed E-state index contributed by atoms with van der Waals surface area (Å²) < 4.78 is 11.1. The number of nitrogens with one attached hydrogen (secondary N) is 1. The van der Waals surface area contributed by atoms with E-state index in [0.29, 0.717) is 0 Å². The second-order valence-corrected chi connectivity index (χ2v) is 7.88. The summed E-state index contributed by atoms with van der Waals surface area (Å²) in [4.78, 5) is 47.0. The zero-order valence-corrected chi connectivity index (χ0v) is 15.6. The zero-order chi connectivity index (χ0) is 19.3. The molecule has 3 aliphatic rings. The van der Waals surface area contributed by atoms with Crippen LogP contribution in [0.2, 0.25) is 0 Å². The lowest BCUT2D eigenvalue weighted by Gasteiger charge is -2.22. The van der Waals surface area contributed by atoms with Gasteiger partial charge in [-0.1, -0.05) is 0 Å². The van der Waals surface area contributed by atoms with Crippen molar-refractivity contribution in [2.75, 3.05) is 13.1 Å². The van der Waals surface area contributed by atoms with Gasteiger partial charge in [0.1, 0.15) is 16.9 Å². The molecule has 0 aliphatic carbocycles. The first-order chi connectivity index (χ1) is 12.7. The third-order valence-corrected chi connectivity index (χ3v) is 4.73. The van der Waals surface area contributed by atoms with Crippen LogP contribution in [-0.4, -0.2) is 50.5 Å². The predicted molar refractivity (Wildman–Crippen MR) is 94.0 cm³/mol. The number of fused-ring (bicyclic) bond motifs is 2. The van der Waals surface area contributed by atoms with Crippen LogP contribution in [0.3, 0.4) is 0 Å². The van der Waals surface area contributed by atoms with E-state index in [9.17, 15) is 14.4 Å². The van der Waals surface area contributed by atoms with Crippen molar-refractivity contribution >= 4 is 12.0 Å². The highest BCUT2D eigenvalue weighted by molar-refractivity contribution is 6.05. The van der Waals surface area contributed by atoms with Crippen LogP contribution in [-0.2, 0) is 11.3 Å². The summed E-state index contributed by atoms with van der Waals surface area (Å²) in [6.07, 6.45) is 2.01. The SMILES string of the molecule is CC(C)(C)OC(=O)N1Cc2nc(OC3=C4CCCN4CC3)[nH]c(=O)c2C1=O. The van der Waals surface area contributed by atoms with E-state index in [4.69, 9.17) is 9.47 Å². The van der Waals surface area contributed by atoms with Crippen molar-refractivity contribution in [2.45, 2.75) is 52.2 Å². The number of H-pyrrole nitrogens is 1. The largest absolute Gasteiger partial charge is 0.443 e. The fourth-order valence-electron chi connectivity index (χ4n) is 3.60. The average molecular weight is 374 g/mol. The summed E-state index contributed by atoms with van der Waals surface area (Å²) in [5.41, 5.74) is -0.122. The van der Waals surface area contributed by atoms with Gasteiger partial charge in [0.25, 0.3) is 11.5 Å². The van der Waals surface area contributed by atoms with Gasteiger partial charge in [-0.2, -0.15) is 4.98 Å². The minimum atomic E-state index is -0.797. The number of carbonyl (C=O) groups excluding carboxylic acids is 2. The maximum absolute atomic E-state index is 12.5. The van der Waals surface area contributed by atoms with Crippen LogP contribution in [0.1, 0.15) is 56.1 Å². The van der Waals surface area contributed by atoms with E-state index in [1.54, 1.807) is 20.8 Å². The number of imide groups is 1. The van der Waals surface area contributed by atoms with Crippen LogP contribution in [0.15, 0.2) is 16.3 Å². The summed E-state index contributed by atoms with van der Waals surface area (Å²) in [5, 5.41) is 0. The highest BCUT2D eigenvalue weighted by Gasteiger charge is 2.39. The number of aromatic nitrogens is 2. The van der Waals surface area contributed by atoms with Crippen molar-refractivity contribution < 1.29 is 19.1 Å². The topological polar surface area (TPSA) is 105 Å². The average Bonchev–Trinajstić information content (AvgIpc) is 3.22. The van der Waals surface area contributed by atoms with Gasteiger partial charge in [0, 0.05) is 19.5 Å². The van der Waals surface area contributed by atoms with Gasteiger partial charge in [-0.3, -0.25) is 14.6 Å². The van der Waals surface area contributed by atoms with Crippen LogP contribution in [0.4, 0.5) is 4.79 Å². The lowest BCUT2D eigenvalue weighted by Crippen LogP contribution is -2.37. The van der Waals surface area contributed by atoms with Crippen molar-refractivity contribution in [3.8, 4) is 6.01 Å². The molecule has 2 amide bonds. The van der Waals surface area contributed by atoms with Gasteiger partial charge in [0.15, 0.2) is 0 Å². The highest BCUT2D eigenvalue weighted by atomic mass is 16.6. The molecule has 3 aliphatic heterocycles. The van der Waals surface area contributed by atoms with E-state index in [1.807, 2.05) is 0 Å². The summed E-state index contributed by atoms with van der Waals surface area (Å²) in [6.45, 7) is 6.94. The van der Waals surface area contributed by atoms with Crippen molar-refractivity contribution in [1.82, 2.24) is 19.8 Å². The van der Waals surface area contributed by atoms with Crippen molar-refractivity contribution in [3.05, 3.63) is 33.1 Å². The van der Waals surface area contributed by atoms with Gasteiger partial charge in [0.2, 0.25) is 0 Å². The van der Waals surface area contributed by atoms with Gasteiger partial charge in [0.05, 0.1) is 17.9 Å². The molecule has 0 spiro atoms. The van der Waals surface area contributed by atoms with Crippen LogP contribution in [0, 0.1) is 0 Å². The summed E-state index contributed by atoms with van der Waals surface area (Å²) in [6, 6.07) is 0.0499. The first-order valence-electron chi connectivity index (χ1n) is 9.06. The molecule has 144 valence electrons. The van der Waals surface area contributed by atoms with Gasteiger partial charge in [-0.15, -0.1) is 0 Å². The maximum atomic E-state index is 12.5. The molecular weight excluding hydrogens is 352 g/mol. The van der Waals surface area contributed by atoms with Crippen LogP contribution >= 0.6 is 0 Å². The fourth-order valence-corrected chi connectivity index (χ4v) is 3.60. The smallest absolute Gasteiger partial charge is 0.417 e. The van der Waals surface area contributed by atoms with E-state index >= 15 is 0 Å². The second-order valence-electron chi connectivity index (χ2n) is 7.88. The molecule has 9 nitrogen and oxygen atoms in total. The Kier molecular flexibility index (Phi) is 3.97. The molecule has 1 saturated heterocycles. The molecule has 0 saturated carbocycles. The summed E-state index contributed by atoms with van der Waals surface area (Å²) in [7, 11) is 0. The highest BCUT2D eigenvalue weighted by Crippen LogP contribution is 2.32. The quantitative estimate of drug-likeness (QED) is 0.841. The molecule has 27 heavy (non-hydrogen) atoms. The lowest BCUT2D eigenvalue weighted by atomic mass is 10.2. The molecule has 1 aromatic heterocycles. The Labute approximate surface area is 156 Å². The Morgan fingerprint density at radius 1 is 1.19 bits per heavy atom. The predicted octanol–water partition coefficient (Wildman–Crippen LogP) is 1.75. The molecule has 1 aromatic rings. The van der Waals surface area contributed by atoms with Crippen LogP contribution in [0.5, 0.6) is 6.01 Å². The Morgan fingerprint density at radius 2 is 1.96 bits per heavy atom. The Hall–Kier alpha value is -2.84. The van der Waals surface area contributed by atoms with E-state index in [2.05, 4.69) is 14.9 Å². The molecule has 0 unspecified atom stereocenters. The normalized spacial score (nSPS) is 18.9. The number of nitrogens with zero attached hydrogens (tertiary/aromatic N) is 3. The molecule has 4 heterocycles. The number of ether oxygens (including phenoxy) is 2. The Bertz CT molecular complexity index is 911. The Morgan fingerprint density at radius 3 is 2.70 bits per heavy atom. The molecule has 0 radical (unpaired) electrons. The first-order valence-corrected chi connectivity index (χ1v) is 9.06. The number of hydrogen-bond acceptors (Lipinski definition) is 7. The minimum absolute atomic E-state index is 0.0499. The van der Waals surface area contributed by atoms with Gasteiger partial charge in [-0.05, 0) is 33.6 Å². The van der Waals surface area contributed by atoms with Crippen molar-refractivity contribution in [2.24, 2.45) is 0 Å². The Balaban J connectivity index is 1.58. The summed E-state index contributed by atoms with van der Waals surface area (Å²) in [5.74, 6) is 0.105. The number of amides is 2. The minimum Gasteiger partial charge on any atom is -0.443 e. The lowest BCUT2D eigenvalue weighted by molar-refractivity contribution is 0.0246. The van der Waals surface area contributed by atoms with Gasteiger partial charge in [-0.25, -0.2) is 9.69 Å². The molecule has 4 rings (SSSR count). The number of carbonyl (C=O) groups is 2. The van der Waals surface area contributed by atoms with E-state index < -0.39 is 23.2 Å². The van der Waals surface area contributed by atoms with Crippen molar-refractivity contribution in [1.29, 1.82) is 0 Å². The molecule has 0 aromatic carbocycles. The van der Waals surface area contributed by atoms with Crippen LogP contribution < -0.4 is 10.3 Å². The molecule has 9 heteroatoms. The summed E-state index contributed by atoms with van der Waals surface area (Å²) >= 11 is 0. The third-order valence-electron chi connectivity index (χ3n) is 4.73. The second kappa shape index (κ2) is 6.11. The number of aromatic amines is 1. The van der Waals surface area contributed by atoms with Crippen molar-refractivity contribution in [3.63, 3.8) is 0 Å². The molecule has 0 bridgehead atoms. The number of allylic oxidation sites excluding steroid dienone is 1. The van der Waals surface area contributed by atoms with Crippen LogP contribution in [0.25, 0.3) is 0 Å². The van der Waals surface area contributed by atoms with E-state index in [-0.39, 0.29) is 23.8 Å². The van der Waals surface area contributed by atoms with Gasteiger partial charge >= 0.3 is 12.1 Å². The monoisotopic (exact) mass is 374 g/mol. The maximum Gasteiger partial charge on any atom is 0.417 e. The molecule has 0 atom stereocenters.